The van der Waals surface area contributed by atoms with E-state index in [1.54, 1.807) is 20.8 Å². The Morgan fingerprint density at radius 1 is 1.21 bits per heavy atom. The van der Waals surface area contributed by atoms with E-state index in [1.807, 2.05) is 0 Å². The fraction of sp³-hybridized carbons (Fsp3) is 0.267. The number of phenols is 2. The average Bonchev–Trinajstić information content (AvgIpc) is 2.49. The molecule has 0 amide bonds. The molecule has 0 bridgehead atoms. The number of benzene rings is 2. The molecule has 126 valence electrons. The summed E-state index contributed by atoms with van der Waals surface area (Å²) in [7, 11) is -0.799. The van der Waals surface area contributed by atoms with Gasteiger partial charge in [0.1, 0.15) is 0 Å². The first-order valence-electron chi connectivity index (χ1n) is 6.85. The monoisotopic (exact) mass is 349 g/mol. The van der Waals surface area contributed by atoms with Gasteiger partial charge in [-0.2, -0.15) is 0 Å². The molecule has 24 heavy (non-hydrogen) atoms. The maximum atomic E-state index is 12.0. The van der Waals surface area contributed by atoms with Crippen molar-refractivity contribution >= 4 is 37.4 Å². The van der Waals surface area contributed by atoms with Crippen LogP contribution in [0.15, 0.2) is 18.2 Å². The SMILES string of the molecule is CC(C)(C)C(=O)Oc1cc2c(O)c(O)c([Si]O)cc2cc1[N+](=O)[O-]. The summed E-state index contributed by atoms with van der Waals surface area (Å²) in [5.41, 5.74) is -1.34. The Hall–Kier alpha value is -2.65. The molecule has 9 heteroatoms. The largest absolute Gasteiger partial charge is 0.504 e. The molecule has 2 radical (unpaired) electrons. The highest BCUT2D eigenvalue weighted by Gasteiger charge is 2.28. The van der Waals surface area contributed by atoms with Crippen LogP contribution in [0.4, 0.5) is 5.69 Å². The highest BCUT2D eigenvalue weighted by molar-refractivity contribution is 6.47. The van der Waals surface area contributed by atoms with Gasteiger partial charge in [0, 0.05) is 16.6 Å². The van der Waals surface area contributed by atoms with Crippen molar-refractivity contribution in [2.24, 2.45) is 5.41 Å². The fourth-order valence-electron chi connectivity index (χ4n) is 1.95. The Labute approximate surface area is 139 Å². The first kappa shape index (κ1) is 17.7. The van der Waals surface area contributed by atoms with E-state index < -0.39 is 43.3 Å². The van der Waals surface area contributed by atoms with Gasteiger partial charge in [0.05, 0.1) is 10.3 Å². The van der Waals surface area contributed by atoms with E-state index in [4.69, 9.17) is 4.74 Å². The molecule has 2 aromatic rings. The van der Waals surface area contributed by atoms with Crippen LogP contribution in [0.25, 0.3) is 10.8 Å². The molecule has 0 fully saturated rings. The minimum absolute atomic E-state index is 0.0498. The Kier molecular flexibility index (Phi) is 4.49. The van der Waals surface area contributed by atoms with Crippen molar-refractivity contribution in [1.82, 2.24) is 0 Å². The molecular weight excluding hydrogens is 334 g/mol. The summed E-state index contributed by atoms with van der Waals surface area (Å²) < 4.78 is 5.11. The lowest BCUT2D eigenvalue weighted by molar-refractivity contribution is -0.385. The number of nitro groups is 1. The number of nitrogens with zero attached hydrogens (tertiary/aromatic N) is 1. The number of ether oxygens (including phenoxy) is 1. The van der Waals surface area contributed by atoms with Gasteiger partial charge in [0.15, 0.2) is 11.5 Å². The minimum Gasteiger partial charge on any atom is -0.504 e. The lowest BCUT2D eigenvalue weighted by Gasteiger charge is -2.17. The van der Waals surface area contributed by atoms with Crippen LogP contribution in [0.2, 0.25) is 0 Å². The van der Waals surface area contributed by atoms with Gasteiger partial charge in [-0.3, -0.25) is 14.9 Å². The zero-order valence-corrected chi connectivity index (χ0v) is 14.2. The predicted molar refractivity (Wildman–Crippen MR) is 86.6 cm³/mol. The van der Waals surface area contributed by atoms with Crippen molar-refractivity contribution < 1.29 is 29.5 Å². The summed E-state index contributed by atoms with van der Waals surface area (Å²) in [6, 6.07) is 3.56. The van der Waals surface area contributed by atoms with Crippen LogP contribution in [0.5, 0.6) is 17.2 Å². The normalized spacial score (nSPS) is 11.5. The van der Waals surface area contributed by atoms with Crippen LogP contribution in [0.1, 0.15) is 20.8 Å². The number of fused-ring (bicyclic) bond motifs is 1. The van der Waals surface area contributed by atoms with Crippen LogP contribution >= 0.6 is 0 Å². The second-order valence-electron chi connectivity index (χ2n) is 6.17. The second-order valence-corrected chi connectivity index (χ2v) is 6.93. The second kappa shape index (κ2) is 6.10. The van der Waals surface area contributed by atoms with Crippen LogP contribution in [0, 0.1) is 15.5 Å². The molecule has 2 aromatic carbocycles. The Balaban J connectivity index is 2.71. The zero-order valence-electron chi connectivity index (χ0n) is 13.2. The summed E-state index contributed by atoms with van der Waals surface area (Å²) in [6.07, 6.45) is 0. The zero-order chi connectivity index (χ0) is 18.2. The number of nitro benzene ring substituents is 1. The molecule has 0 saturated heterocycles. The number of carbonyl (C=O) groups is 1. The van der Waals surface area contributed by atoms with Crippen molar-refractivity contribution in [1.29, 1.82) is 0 Å². The molecular formula is C15H15NO7Si. The topological polar surface area (TPSA) is 130 Å². The van der Waals surface area contributed by atoms with E-state index >= 15 is 0 Å². The molecule has 3 N–H and O–H groups in total. The third-order valence-corrected chi connectivity index (χ3v) is 3.92. The van der Waals surface area contributed by atoms with Crippen LogP contribution in [0.3, 0.4) is 0 Å². The number of aromatic hydroxyl groups is 2. The molecule has 0 aliphatic rings. The van der Waals surface area contributed by atoms with E-state index in [1.165, 1.54) is 6.07 Å². The van der Waals surface area contributed by atoms with Gasteiger partial charge in [-0.05, 0) is 38.3 Å². The maximum Gasteiger partial charge on any atom is 0.316 e. The molecule has 0 atom stereocenters. The summed E-state index contributed by atoms with van der Waals surface area (Å²) >= 11 is 0. The lowest BCUT2D eigenvalue weighted by Crippen LogP contribution is -2.25. The van der Waals surface area contributed by atoms with Crippen molar-refractivity contribution in [3.63, 3.8) is 0 Å². The van der Waals surface area contributed by atoms with Crippen molar-refractivity contribution in [2.75, 3.05) is 0 Å². The number of carbonyl (C=O) groups excluding carboxylic acids is 1. The quantitative estimate of drug-likeness (QED) is 0.190. The van der Waals surface area contributed by atoms with Gasteiger partial charge < -0.3 is 19.7 Å². The molecule has 2 rings (SSSR count). The number of rotatable bonds is 3. The van der Waals surface area contributed by atoms with Gasteiger partial charge in [-0.15, -0.1) is 0 Å². The van der Waals surface area contributed by atoms with Gasteiger partial charge in [-0.25, -0.2) is 0 Å². The Bertz CT molecular complexity index is 842. The highest BCUT2D eigenvalue weighted by atomic mass is 28.2. The molecule has 0 heterocycles. The summed E-state index contributed by atoms with van der Waals surface area (Å²) in [5.74, 6) is -2.08. The molecule has 8 nitrogen and oxygen atoms in total. The van der Waals surface area contributed by atoms with Gasteiger partial charge in [-0.1, -0.05) is 0 Å². The number of hydrogen-bond donors (Lipinski definition) is 3. The third kappa shape index (κ3) is 3.17. The highest BCUT2D eigenvalue weighted by Crippen LogP contribution is 2.39. The number of phenolic OH excluding ortho intramolecular Hbond substituents is 2. The molecule has 0 saturated carbocycles. The van der Waals surface area contributed by atoms with E-state index in [0.717, 1.165) is 12.1 Å². The first-order valence-corrected chi connectivity index (χ1v) is 7.80. The van der Waals surface area contributed by atoms with Crippen molar-refractivity contribution in [3.05, 3.63) is 28.3 Å². The fourth-order valence-corrected chi connectivity index (χ4v) is 2.39. The van der Waals surface area contributed by atoms with E-state index in [2.05, 4.69) is 0 Å². The predicted octanol–water partition coefficient (Wildman–Crippen LogP) is 1.35. The maximum absolute atomic E-state index is 12.0. The molecule has 0 aliphatic heterocycles. The van der Waals surface area contributed by atoms with Crippen LogP contribution in [-0.2, 0) is 4.79 Å². The Morgan fingerprint density at radius 2 is 1.83 bits per heavy atom. The first-order chi connectivity index (χ1) is 11.1. The van der Waals surface area contributed by atoms with E-state index in [9.17, 15) is 29.9 Å². The van der Waals surface area contributed by atoms with Gasteiger partial charge in [0.2, 0.25) is 5.75 Å². The van der Waals surface area contributed by atoms with Crippen molar-refractivity contribution in [3.8, 4) is 17.2 Å². The summed E-state index contributed by atoms with van der Waals surface area (Å²) in [5, 5.41) is 31.5. The Morgan fingerprint density at radius 3 is 2.33 bits per heavy atom. The van der Waals surface area contributed by atoms with Crippen LogP contribution in [-0.4, -0.2) is 35.7 Å². The molecule has 0 spiro atoms. The lowest BCUT2D eigenvalue weighted by atomic mass is 9.97. The smallest absolute Gasteiger partial charge is 0.316 e. The van der Waals surface area contributed by atoms with Gasteiger partial charge >= 0.3 is 11.7 Å². The molecule has 0 aromatic heterocycles. The van der Waals surface area contributed by atoms with E-state index in [0.29, 0.717) is 0 Å². The average molecular weight is 349 g/mol. The van der Waals surface area contributed by atoms with Gasteiger partial charge in [0.25, 0.3) is 9.76 Å². The number of hydrogen-bond acceptors (Lipinski definition) is 7. The molecule has 0 unspecified atom stereocenters. The third-order valence-electron chi connectivity index (χ3n) is 3.30. The standard InChI is InChI=1S/C15H15NO7Si/c1-15(2,3)14(19)23-10-6-8-7(4-9(10)16(20)21)5-11(24-22)13(18)12(8)17/h4-6,17-18,22H,1-3H3. The van der Waals surface area contributed by atoms with E-state index in [-0.39, 0.29) is 21.7 Å². The van der Waals surface area contributed by atoms with Crippen molar-refractivity contribution in [2.45, 2.75) is 20.8 Å². The molecule has 0 aliphatic carbocycles. The summed E-state index contributed by atoms with van der Waals surface area (Å²) in [4.78, 5) is 31.8. The minimum atomic E-state index is -0.880. The van der Waals surface area contributed by atoms with Crippen LogP contribution < -0.4 is 9.92 Å². The summed E-state index contributed by atoms with van der Waals surface area (Å²) in [6.45, 7) is 4.79. The number of esters is 1.